The normalized spacial score (nSPS) is 11.7. The summed E-state index contributed by atoms with van der Waals surface area (Å²) in [6, 6.07) is 33.1. The lowest BCUT2D eigenvalue weighted by molar-refractivity contribution is 0.0365. The van der Waals surface area contributed by atoms with Gasteiger partial charge in [0.15, 0.2) is 11.2 Å². The minimum atomic E-state index is -2.63. The second kappa shape index (κ2) is 43.4. The molecule has 0 atom stereocenters. The fourth-order valence-corrected chi connectivity index (χ4v) is 13.3. The fraction of sp³-hybridized carbons (Fsp3) is 0.273. The summed E-state index contributed by atoms with van der Waals surface area (Å²) in [5, 5.41) is 50.5. The van der Waals surface area contributed by atoms with E-state index in [-0.39, 0.29) is 51.8 Å². The molecule has 11 N–H and O–H groups in total. The number of carbonyl (C=O) groups is 8. The maximum atomic E-state index is 13.0. The van der Waals surface area contributed by atoms with Gasteiger partial charge in [-0.25, -0.2) is 62.3 Å². The van der Waals surface area contributed by atoms with Crippen LogP contribution in [0.25, 0.3) is 88.1 Å². The van der Waals surface area contributed by atoms with Crippen molar-refractivity contribution in [3.05, 3.63) is 234 Å². The van der Waals surface area contributed by atoms with E-state index >= 15 is 0 Å². The van der Waals surface area contributed by atoms with Gasteiger partial charge in [-0.3, -0.25) is 50.1 Å². The summed E-state index contributed by atoms with van der Waals surface area (Å²) in [4.78, 5) is 163. The fourth-order valence-electron chi connectivity index (χ4n) is 13.3. The van der Waals surface area contributed by atoms with E-state index < -0.39 is 58.4 Å². The maximum Gasteiger partial charge on any atom is 0.341 e. The van der Waals surface area contributed by atoms with Crippen molar-refractivity contribution in [2.24, 2.45) is 0 Å². The average Bonchev–Trinajstić information content (AvgIpc) is 0.786. The topological polar surface area (TPSA) is 455 Å². The number of carbonyl (C=O) groups excluding carboxylic acids is 5. The summed E-state index contributed by atoms with van der Waals surface area (Å²) in [5.74, 6) is -2.71. The molecule has 0 spiro atoms. The molecular formula is C88H93F2N17O17. The lowest BCUT2D eigenvalue weighted by atomic mass is 10.0. The Morgan fingerprint density at radius 3 is 0.992 bits per heavy atom. The van der Waals surface area contributed by atoms with Crippen LogP contribution >= 0.6 is 0 Å². The molecule has 36 heteroatoms. The molecule has 1 saturated heterocycles. The maximum absolute atomic E-state index is 13.0. The van der Waals surface area contributed by atoms with Crippen molar-refractivity contribution in [3.8, 4) is 44.5 Å². The zero-order valence-electron chi connectivity index (χ0n) is 68.9. The molecule has 8 amide bonds. The minimum absolute atomic E-state index is 0.139. The second-order valence-corrected chi connectivity index (χ2v) is 28.0. The number of halogens is 2. The van der Waals surface area contributed by atoms with Gasteiger partial charge in [0.05, 0.1) is 54.0 Å². The number of aromatic carboxylic acids is 3. The Hall–Kier alpha value is -14.8. The van der Waals surface area contributed by atoms with Gasteiger partial charge in [0, 0.05) is 166 Å². The molecule has 13 rings (SSSR count). The van der Waals surface area contributed by atoms with Crippen molar-refractivity contribution < 1.29 is 71.9 Å². The van der Waals surface area contributed by atoms with Gasteiger partial charge in [0.25, 0.3) is 6.43 Å². The van der Waals surface area contributed by atoms with Crippen LogP contribution < -0.4 is 64.2 Å². The molecule has 0 bridgehead atoms. The van der Waals surface area contributed by atoms with Crippen LogP contribution in [0.15, 0.2) is 190 Å². The van der Waals surface area contributed by atoms with Gasteiger partial charge in [-0.1, -0.05) is 37.6 Å². The second-order valence-electron chi connectivity index (χ2n) is 28.0. The number of nitrogens with one attached hydrogen (secondary N) is 8. The predicted molar refractivity (Wildman–Crippen MR) is 467 cm³/mol. The van der Waals surface area contributed by atoms with E-state index in [9.17, 15) is 81.6 Å². The van der Waals surface area contributed by atoms with E-state index in [0.29, 0.717) is 144 Å². The highest BCUT2D eigenvalue weighted by Gasteiger charge is 2.23. The van der Waals surface area contributed by atoms with Gasteiger partial charge in [-0.15, -0.1) is 0 Å². The molecule has 34 nitrogen and oxygen atoms in total. The van der Waals surface area contributed by atoms with Gasteiger partial charge in [-0.05, 0) is 160 Å². The zero-order chi connectivity index (χ0) is 89.3. The Morgan fingerprint density at radius 1 is 0.411 bits per heavy atom. The van der Waals surface area contributed by atoms with E-state index in [1.54, 1.807) is 128 Å². The predicted octanol–water partition coefficient (Wildman–Crippen LogP) is 12.2. The smallest absolute Gasteiger partial charge is 0.341 e. The van der Waals surface area contributed by atoms with Crippen LogP contribution in [0.4, 0.5) is 51.2 Å². The van der Waals surface area contributed by atoms with Crippen molar-refractivity contribution in [2.45, 2.75) is 87.0 Å². The van der Waals surface area contributed by atoms with Crippen LogP contribution in [-0.2, 0) is 35.7 Å². The Kier molecular flexibility index (Phi) is 32.1. The molecule has 4 aromatic carbocycles. The van der Waals surface area contributed by atoms with Gasteiger partial charge >= 0.3 is 42.0 Å². The lowest BCUT2D eigenvalue weighted by Crippen LogP contribution is -2.38. The Morgan fingerprint density at radius 2 is 0.710 bits per heavy atom. The first-order valence-electron chi connectivity index (χ1n) is 39.7. The molecule has 9 heterocycles. The summed E-state index contributed by atoms with van der Waals surface area (Å²) in [6.45, 7) is 17.6. The SMILES string of the molecule is CCCCn1cc(C(=O)O)c(=O)c2cc(-c3ccc(NC(=O)NCC)nc3)ccc21.CCNC(=O)Nc1ccc(-c2ccc3c(c2)c(=O)c(C(=O)O)cn3CCN2CCOCC2)cn1.CCNC(=O)Nc1ccc(-c2ccc3c(c2)c(=O)c(C(=O)O)cn3CCOC)cn1.CCNC(=O)Nc1ccc(-c2ccc3c(c2)c(=O)c(C(C)=O)cn3CC(F)F)cn1. The van der Waals surface area contributed by atoms with Gasteiger partial charge in [0.2, 0.25) is 16.3 Å². The monoisotopic (exact) mass is 1700 g/mol. The standard InChI is InChI=1S/C24H27N5O5.C22H24N4O4.C21H20F2N4O3.C21H22N4O5/c1-2-25-24(33)27-21-6-4-17(14-26-21)16-3-5-20-18(13-16)22(30)19(23(31)32)15-29(20)8-7-28-9-11-34-12-10-28;1-3-5-10-26-13-17(21(28)29)20(27)16-11-14(6-8-18(16)26)15-7-9-19(24-12-15)25-22(30)23-4-2;1-3-24-21(30)26-19-7-5-14(9-25-19)13-4-6-17-15(8-13)20(29)16(12(2)28)10-27(17)11-18(22)23;1-3-22-21(29)24-18-7-5-14(11-23-18)13-4-6-17-15(10-13)19(26)16(20(27)28)12-25(17)8-9-30-2/h3-6,13-15H,2,7-12H2,1H3,(H,31,32)(H2,25,26,27,33);6-9,11-13H,3-5,10H2,1-2H3,(H,28,29)(H2,23,24,25,30);4-10,18H,3,11H2,1-2H3,(H2,24,25,26,30);4-7,10-12H,3,8-9H2,1-2H3,(H,27,28)(H2,22,23,24,29). The van der Waals surface area contributed by atoms with Crippen molar-refractivity contribution >= 4 is 115 Å². The van der Waals surface area contributed by atoms with E-state index in [4.69, 9.17) is 9.47 Å². The van der Waals surface area contributed by atoms with E-state index in [0.717, 1.165) is 60.3 Å². The van der Waals surface area contributed by atoms with Crippen LogP contribution in [0.1, 0.15) is 95.8 Å². The molecule has 0 unspecified atom stereocenters. The number of aromatic nitrogens is 8. The molecule has 646 valence electrons. The number of hydrogen-bond acceptors (Lipinski definition) is 19. The van der Waals surface area contributed by atoms with Crippen LogP contribution in [0.2, 0.25) is 0 Å². The number of morpholine rings is 1. The molecule has 0 aliphatic carbocycles. The first kappa shape index (κ1) is 91.5. The summed E-state index contributed by atoms with van der Waals surface area (Å²) in [6.07, 6.45) is 10.9. The number of Topliss-reactive ketones (excluding diaryl/α,β-unsaturated/α-hetero) is 1. The number of carboxylic acids is 3. The quantitative estimate of drug-likeness (QED) is 0.0213. The molecule has 1 aliphatic heterocycles. The van der Waals surface area contributed by atoms with Crippen molar-refractivity contribution in [1.29, 1.82) is 0 Å². The molecule has 8 aromatic heterocycles. The summed E-state index contributed by atoms with van der Waals surface area (Å²) in [7, 11) is 1.55. The highest BCUT2D eigenvalue weighted by Crippen LogP contribution is 2.30. The number of carboxylic acid groups (broad SMARTS) is 3. The number of methoxy groups -OCH3 is 1. The summed E-state index contributed by atoms with van der Waals surface area (Å²) < 4.78 is 43.0. The van der Waals surface area contributed by atoms with E-state index in [1.807, 2.05) is 60.2 Å². The van der Waals surface area contributed by atoms with Crippen molar-refractivity contribution in [1.82, 2.24) is 64.4 Å². The summed E-state index contributed by atoms with van der Waals surface area (Å²) >= 11 is 0. The Bertz CT molecular complexity index is 6000. The number of unbranched alkanes of at least 4 members (excludes halogenated alkanes) is 1. The number of pyridine rings is 8. The highest BCUT2D eigenvalue weighted by atomic mass is 19.3. The molecule has 1 fully saturated rings. The molecule has 124 heavy (non-hydrogen) atoms. The highest BCUT2D eigenvalue weighted by molar-refractivity contribution is 6.00. The van der Waals surface area contributed by atoms with Crippen LogP contribution in [-0.4, -0.2) is 185 Å². The number of aryl methyl sites for hydroxylation is 1. The number of alkyl halides is 2. The third-order valence-electron chi connectivity index (χ3n) is 19.5. The number of benzene rings is 4. The number of rotatable bonds is 27. The number of urea groups is 4. The minimum Gasteiger partial charge on any atom is -0.477 e. The summed E-state index contributed by atoms with van der Waals surface area (Å²) in [5.41, 5.74) is 4.96. The Balaban J connectivity index is 0.000000173. The average molecular weight is 1700 g/mol. The van der Waals surface area contributed by atoms with E-state index in [1.165, 1.54) is 42.5 Å². The molecule has 0 saturated carbocycles. The third-order valence-corrected chi connectivity index (χ3v) is 19.5. The number of anilines is 4. The van der Waals surface area contributed by atoms with Gasteiger partial charge < -0.3 is 64.3 Å². The third kappa shape index (κ3) is 23.6. The molecular weight excluding hydrogens is 1610 g/mol. The molecule has 1 aliphatic rings. The van der Waals surface area contributed by atoms with Crippen molar-refractivity contribution in [2.75, 3.05) is 94.0 Å². The van der Waals surface area contributed by atoms with Gasteiger partial charge in [0.1, 0.15) is 40.0 Å². The van der Waals surface area contributed by atoms with E-state index in [2.05, 4.69) is 74.3 Å². The van der Waals surface area contributed by atoms with Crippen molar-refractivity contribution in [3.63, 3.8) is 0 Å². The number of ether oxygens (including phenoxy) is 2. The van der Waals surface area contributed by atoms with Gasteiger partial charge in [-0.2, -0.15) is 0 Å². The van der Waals surface area contributed by atoms with Crippen LogP contribution in [0.3, 0.4) is 0 Å². The lowest BCUT2D eigenvalue weighted by Gasteiger charge is -2.27. The first-order valence-corrected chi connectivity index (χ1v) is 39.7. The zero-order valence-corrected chi connectivity index (χ0v) is 68.9. The number of fused-ring (bicyclic) bond motifs is 4. The largest absolute Gasteiger partial charge is 0.477 e. The first-order chi connectivity index (χ1) is 59.6. The number of hydrogen-bond donors (Lipinski definition) is 11. The number of ketones is 1. The van der Waals surface area contributed by atoms with Crippen LogP contribution in [0, 0.1) is 0 Å². The van der Waals surface area contributed by atoms with Crippen LogP contribution in [0.5, 0.6) is 0 Å². The molecule has 12 aromatic rings. The molecule has 0 radical (unpaired) electrons. The Labute approximate surface area is 707 Å². The number of amides is 8. The number of nitrogens with zero attached hydrogens (tertiary/aromatic N) is 9.